The number of halogens is 1. The van der Waals surface area contributed by atoms with Crippen molar-refractivity contribution in [1.29, 1.82) is 0 Å². The first kappa shape index (κ1) is 8.79. The molecule has 13 heavy (non-hydrogen) atoms. The van der Waals surface area contributed by atoms with Gasteiger partial charge in [0.2, 0.25) is 0 Å². The number of nitrogens with one attached hydrogen (secondary N) is 1. The summed E-state index contributed by atoms with van der Waals surface area (Å²) in [4.78, 5) is 0. The average Bonchev–Trinajstić information content (AvgIpc) is 2.20. The lowest BCUT2D eigenvalue weighted by molar-refractivity contribution is 0.738. The molecule has 68 valence electrons. The van der Waals surface area contributed by atoms with E-state index < -0.39 is 0 Å². The monoisotopic (exact) mass is 193 g/mol. The second-order valence-electron chi connectivity index (χ2n) is 3.16. The molecule has 0 saturated carbocycles. The molecule has 0 unspecified atom stereocenters. The van der Waals surface area contributed by atoms with Crippen molar-refractivity contribution in [3.8, 4) is 0 Å². The Morgan fingerprint density at radius 2 is 2.08 bits per heavy atom. The van der Waals surface area contributed by atoms with E-state index in [9.17, 15) is 0 Å². The first-order valence-corrected chi connectivity index (χ1v) is 4.90. The van der Waals surface area contributed by atoms with E-state index in [0.29, 0.717) is 0 Å². The fourth-order valence-corrected chi connectivity index (χ4v) is 1.85. The first-order valence-electron chi connectivity index (χ1n) is 4.52. The predicted molar refractivity (Wildman–Crippen MR) is 56.9 cm³/mol. The maximum atomic E-state index is 6.10. The molecule has 0 spiro atoms. The summed E-state index contributed by atoms with van der Waals surface area (Å²) >= 11 is 6.10. The zero-order valence-electron chi connectivity index (χ0n) is 7.39. The minimum atomic E-state index is 0.857. The van der Waals surface area contributed by atoms with Gasteiger partial charge < -0.3 is 5.32 Å². The summed E-state index contributed by atoms with van der Waals surface area (Å²) in [6, 6.07) is 8.02. The van der Waals surface area contributed by atoms with Gasteiger partial charge in [0.1, 0.15) is 0 Å². The molecule has 0 amide bonds. The number of hydrogen-bond donors (Lipinski definition) is 1. The largest absolute Gasteiger partial charge is 0.313 e. The summed E-state index contributed by atoms with van der Waals surface area (Å²) in [5, 5.41) is 4.14. The van der Waals surface area contributed by atoms with Crippen LogP contribution in [0.2, 0.25) is 5.02 Å². The molecule has 2 heteroatoms. The summed E-state index contributed by atoms with van der Waals surface area (Å²) < 4.78 is 0. The summed E-state index contributed by atoms with van der Waals surface area (Å²) in [6.45, 7) is 2.01. The lowest BCUT2D eigenvalue weighted by Crippen LogP contribution is -2.20. The third-order valence-corrected chi connectivity index (χ3v) is 2.61. The van der Waals surface area contributed by atoms with Gasteiger partial charge in [0.25, 0.3) is 0 Å². The Hall–Kier alpha value is -0.790. The van der Waals surface area contributed by atoms with Crippen LogP contribution < -0.4 is 5.32 Å². The highest BCUT2D eigenvalue weighted by Crippen LogP contribution is 2.26. The van der Waals surface area contributed by atoms with Crippen LogP contribution in [0.1, 0.15) is 12.0 Å². The quantitative estimate of drug-likeness (QED) is 0.723. The van der Waals surface area contributed by atoms with E-state index in [1.165, 1.54) is 11.1 Å². The van der Waals surface area contributed by atoms with Crippen molar-refractivity contribution in [3.05, 3.63) is 40.9 Å². The van der Waals surface area contributed by atoms with Gasteiger partial charge in [0, 0.05) is 11.6 Å². The molecule has 1 aromatic rings. The summed E-state index contributed by atoms with van der Waals surface area (Å²) in [7, 11) is 0. The van der Waals surface area contributed by atoms with Crippen molar-refractivity contribution in [2.24, 2.45) is 0 Å². The molecule has 1 aromatic carbocycles. The van der Waals surface area contributed by atoms with E-state index in [1.807, 2.05) is 18.2 Å². The zero-order chi connectivity index (χ0) is 9.10. The van der Waals surface area contributed by atoms with Gasteiger partial charge in [0.15, 0.2) is 0 Å². The van der Waals surface area contributed by atoms with Crippen LogP contribution in [0.25, 0.3) is 5.57 Å². The Kier molecular flexibility index (Phi) is 2.67. The van der Waals surface area contributed by atoms with E-state index in [0.717, 1.165) is 24.5 Å². The topological polar surface area (TPSA) is 12.0 Å². The fourth-order valence-electron chi connectivity index (χ4n) is 1.59. The van der Waals surface area contributed by atoms with Crippen LogP contribution in [0.3, 0.4) is 0 Å². The molecule has 1 aliphatic heterocycles. The molecule has 1 aliphatic rings. The van der Waals surface area contributed by atoms with Gasteiger partial charge in [-0.15, -0.1) is 0 Å². The van der Waals surface area contributed by atoms with E-state index in [-0.39, 0.29) is 0 Å². The molecular weight excluding hydrogens is 182 g/mol. The Bertz CT molecular complexity index is 331. The van der Waals surface area contributed by atoms with Crippen molar-refractivity contribution in [2.75, 3.05) is 13.1 Å². The SMILES string of the molecule is Clc1ccccc1C1=CCNCC1. The minimum Gasteiger partial charge on any atom is -0.313 e. The lowest BCUT2D eigenvalue weighted by atomic mass is 10.0. The Labute approximate surface area is 83.4 Å². The Morgan fingerprint density at radius 1 is 1.23 bits per heavy atom. The molecule has 0 radical (unpaired) electrons. The third-order valence-electron chi connectivity index (χ3n) is 2.28. The van der Waals surface area contributed by atoms with Crippen LogP contribution in [0.4, 0.5) is 0 Å². The van der Waals surface area contributed by atoms with Crippen LogP contribution in [-0.4, -0.2) is 13.1 Å². The molecule has 0 aliphatic carbocycles. The maximum Gasteiger partial charge on any atom is 0.0481 e. The highest BCUT2D eigenvalue weighted by molar-refractivity contribution is 6.32. The molecule has 0 atom stereocenters. The Morgan fingerprint density at radius 3 is 2.77 bits per heavy atom. The van der Waals surface area contributed by atoms with E-state index in [2.05, 4.69) is 17.5 Å². The molecule has 1 nitrogen and oxygen atoms in total. The van der Waals surface area contributed by atoms with Crippen molar-refractivity contribution in [3.63, 3.8) is 0 Å². The van der Waals surface area contributed by atoms with Crippen molar-refractivity contribution in [1.82, 2.24) is 5.32 Å². The molecule has 0 aromatic heterocycles. The van der Waals surface area contributed by atoms with Crippen molar-refractivity contribution in [2.45, 2.75) is 6.42 Å². The third kappa shape index (κ3) is 1.93. The second-order valence-corrected chi connectivity index (χ2v) is 3.57. The number of benzene rings is 1. The van der Waals surface area contributed by atoms with Gasteiger partial charge in [-0.1, -0.05) is 35.9 Å². The van der Waals surface area contributed by atoms with Crippen molar-refractivity contribution >= 4 is 17.2 Å². The second kappa shape index (κ2) is 3.95. The molecule has 0 bridgehead atoms. The molecule has 1 heterocycles. The van der Waals surface area contributed by atoms with E-state index in [4.69, 9.17) is 11.6 Å². The van der Waals surface area contributed by atoms with Crippen LogP contribution >= 0.6 is 11.6 Å². The summed E-state index contributed by atoms with van der Waals surface area (Å²) in [5.41, 5.74) is 2.55. The van der Waals surface area contributed by atoms with Crippen LogP contribution in [-0.2, 0) is 0 Å². The smallest absolute Gasteiger partial charge is 0.0481 e. The van der Waals surface area contributed by atoms with Gasteiger partial charge in [0.05, 0.1) is 0 Å². The summed E-state index contributed by atoms with van der Waals surface area (Å²) in [6.07, 6.45) is 3.29. The highest BCUT2D eigenvalue weighted by atomic mass is 35.5. The van der Waals surface area contributed by atoms with Crippen molar-refractivity contribution < 1.29 is 0 Å². The van der Waals surface area contributed by atoms with E-state index in [1.54, 1.807) is 0 Å². The number of hydrogen-bond acceptors (Lipinski definition) is 1. The molecule has 0 saturated heterocycles. The highest BCUT2D eigenvalue weighted by Gasteiger charge is 2.07. The molecule has 1 N–H and O–H groups in total. The first-order chi connectivity index (χ1) is 6.38. The molecule has 0 fully saturated rings. The zero-order valence-corrected chi connectivity index (χ0v) is 8.14. The number of rotatable bonds is 1. The predicted octanol–water partition coefficient (Wildman–Crippen LogP) is 2.72. The standard InChI is InChI=1S/C11H12ClN/c12-11-4-2-1-3-10(11)9-5-7-13-8-6-9/h1-5,13H,6-8H2. The van der Waals surface area contributed by atoms with Crippen LogP contribution in [0, 0.1) is 0 Å². The fraction of sp³-hybridized carbons (Fsp3) is 0.273. The van der Waals surface area contributed by atoms with Crippen LogP contribution in [0.5, 0.6) is 0 Å². The normalized spacial score (nSPS) is 16.8. The van der Waals surface area contributed by atoms with Gasteiger partial charge in [-0.25, -0.2) is 0 Å². The van der Waals surface area contributed by atoms with Gasteiger partial charge in [-0.05, 0) is 30.2 Å². The summed E-state index contributed by atoms with van der Waals surface area (Å²) in [5.74, 6) is 0. The average molecular weight is 194 g/mol. The lowest BCUT2D eigenvalue weighted by Gasteiger charge is -2.14. The Balaban J connectivity index is 2.34. The van der Waals surface area contributed by atoms with Gasteiger partial charge in [-0.3, -0.25) is 0 Å². The maximum absolute atomic E-state index is 6.10. The van der Waals surface area contributed by atoms with Crippen LogP contribution in [0.15, 0.2) is 30.3 Å². The minimum absolute atomic E-state index is 0.857. The molecule has 2 rings (SSSR count). The van der Waals surface area contributed by atoms with E-state index >= 15 is 0 Å². The molecular formula is C11H12ClN. The van der Waals surface area contributed by atoms with Gasteiger partial charge >= 0.3 is 0 Å². The van der Waals surface area contributed by atoms with Gasteiger partial charge in [-0.2, -0.15) is 0 Å².